The van der Waals surface area contributed by atoms with E-state index >= 15 is 0 Å². The molecule has 0 bridgehead atoms. The fraction of sp³-hybridized carbons (Fsp3) is 0.188. The van der Waals surface area contributed by atoms with Gasteiger partial charge in [-0.25, -0.2) is 4.37 Å². The van der Waals surface area contributed by atoms with Crippen LogP contribution in [0.25, 0.3) is 11.3 Å². The number of rotatable bonds is 3. The molecule has 0 saturated carbocycles. The predicted octanol–water partition coefficient (Wildman–Crippen LogP) is 3.02. The number of aromatic nitrogens is 3. The Kier molecular flexibility index (Phi) is 3.34. The van der Waals surface area contributed by atoms with Gasteiger partial charge in [0.1, 0.15) is 5.75 Å². The number of amides is 1. The lowest BCUT2D eigenvalue weighted by Crippen LogP contribution is -2.23. The fourth-order valence-corrected chi connectivity index (χ4v) is 3.51. The first-order chi connectivity index (χ1) is 11.3. The van der Waals surface area contributed by atoms with Crippen molar-refractivity contribution in [2.24, 2.45) is 0 Å². The Balaban J connectivity index is 1.86. The molecule has 3 heterocycles. The average molecular weight is 326 g/mol. The first-order valence-electron chi connectivity index (χ1n) is 7.18. The Bertz CT molecular complexity index is 857. The Hall–Kier alpha value is -2.67. The zero-order valence-electron chi connectivity index (χ0n) is 12.4. The third-order valence-electron chi connectivity index (χ3n) is 4.01. The van der Waals surface area contributed by atoms with Crippen molar-refractivity contribution >= 4 is 23.3 Å². The molecule has 1 aromatic carbocycles. The third-order valence-corrected chi connectivity index (χ3v) is 4.62. The van der Waals surface area contributed by atoms with Crippen molar-refractivity contribution in [1.29, 1.82) is 0 Å². The molecule has 0 radical (unpaired) electrons. The normalized spacial score (nSPS) is 16.7. The van der Waals surface area contributed by atoms with Gasteiger partial charge in [-0.2, -0.15) is 5.10 Å². The molecule has 6 nitrogen and oxygen atoms in total. The third kappa shape index (κ3) is 2.39. The molecule has 2 aromatic heterocycles. The smallest absolute Gasteiger partial charge is 0.226 e. The highest BCUT2D eigenvalue weighted by atomic mass is 32.1. The molecule has 116 valence electrons. The van der Waals surface area contributed by atoms with Gasteiger partial charge < -0.3 is 10.1 Å². The van der Waals surface area contributed by atoms with Crippen molar-refractivity contribution in [1.82, 2.24) is 14.6 Å². The zero-order chi connectivity index (χ0) is 15.8. The van der Waals surface area contributed by atoms with Crippen LogP contribution in [0, 0.1) is 0 Å². The molecule has 7 heteroatoms. The van der Waals surface area contributed by atoms with Crippen molar-refractivity contribution < 1.29 is 9.53 Å². The molecule has 0 fully saturated rings. The maximum absolute atomic E-state index is 12.0. The average Bonchev–Trinajstić information content (AvgIpc) is 3.23. The predicted molar refractivity (Wildman–Crippen MR) is 87.8 cm³/mol. The van der Waals surface area contributed by atoms with Gasteiger partial charge in [-0.15, -0.1) is 0 Å². The molecule has 3 aromatic rings. The molecule has 1 aliphatic heterocycles. The van der Waals surface area contributed by atoms with Crippen LogP contribution in [0.2, 0.25) is 0 Å². The number of benzene rings is 1. The van der Waals surface area contributed by atoms with Gasteiger partial charge in [0.25, 0.3) is 0 Å². The minimum Gasteiger partial charge on any atom is -0.497 e. The number of hydrogen-bond donors (Lipinski definition) is 2. The summed E-state index contributed by atoms with van der Waals surface area (Å²) in [6.07, 6.45) is 2.21. The molecule has 1 amide bonds. The van der Waals surface area contributed by atoms with E-state index in [1.54, 1.807) is 7.11 Å². The van der Waals surface area contributed by atoms with Crippen molar-refractivity contribution in [3.05, 3.63) is 47.0 Å². The summed E-state index contributed by atoms with van der Waals surface area (Å²) in [5.41, 5.74) is 3.91. The van der Waals surface area contributed by atoms with E-state index in [-0.39, 0.29) is 11.8 Å². The van der Waals surface area contributed by atoms with Gasteiger partial charge in [0, 0.05) is 35.0 Å². The number of carbonyl (C=O) groups excluding carboxylic acids is 1. The summed E-state index contributed by atoms with van der Waals surface area (Å²) in [5, 5.41) is 12.2. The van der Waals surface area contributed by atoms with Gasteiger partial charge >= 0.3 is 0 Å². The standard InChI is InChI=1S/C16H14N4O2S/c1-22-11-4-2-3-9(5-11)15-14-12(10-7-17-23-8-10)6-13(21)18-16(14)20-19-15/h2-5,7-8,12H,6H2,1H3,(H2,18,19,20,21). The van der Waals surface area contributed by atoms with E-state index in [1.807, 2.05) is 35.8 Å². The molecular formula is C16H14N4O2S. The van der Waals surface area contributed by atoms with E-state index in [9.17, 15) is 4.79 Å². The maximum atomic E-state index is 12.0. The summed E-state index contributed by atoms with van der Waals surface area (Å²) in [7, 11) is 1.64. The highest BCUT2D eigenvalue weighted by Gasteiger charge is 2.32. The SMILES string of the molecule is COc1cccc(-c2[nH]nc3c2C(c2cnsc2)CC(=O)N3)c1. The van der Waals surface area contributed by atoms with E-state index in [4.69, 9.17) is 4.74 Å². The Morgan fingerprint density at radius 1 is 1.39 bits per heavy atom. The molecule has 23 heavy (non-hydrogen) atoms. The lowest BCUT2D eigenvalue weighted by atomic mass is 9.86. The van der Waals surface area contributed by atoms with Crippen LogP contribution in [-0.4, -0.2) is 27.6 Å². The minimum absolute atomic E-state index is 0.0302. The number of carbonyl (C=O) groups is 1. The van der Waals surface area contributed by atoms with Crippen molar-refractivity contribution in [2.75, 3.05) is 12.4 Å². The van der Waals surface area contributed by atoms with E-state index in [0.717, 1.165) is 28.1 Å². The van der Waals surface area contributed by atoms with E-state index in [2.05, 4.69) is 19.9 Å². The number of aromatic amines is 1. The summed E-state index contributed by atoms with van der Waals surface area (Å²) >= 11 is 1.39. The second kappa shape index (κ2) is 5.51. The first-order valence-corrected chi connectivity index (χ1v) is 8.01. The summed E-state index contributed by atoms with van der Waals surface area (Å²) in [5.74, 6) is 1.30. The van der Waals surface area contributed by atoms with Crippen molar-refractivity contribution in [2.45, 2.75) is 12.3 Å². The summed E-state index contributed by atoms with van der Waals surface area (Å²) in [4.78, 5) is 12.0. The van der Waals surface area contributed by atoms with Crippen LogP contribution in [0.4, 0.5) is 5.82 Å². The van der Waals surface area contributed by atoms with Gasteiger partial charge in [-0.3, -0.25) is 9.89 Å². The van der Waals surface area contributed by atoms with E-state index in [1.165, 1.54) is 11.5 Å². The first kappa shape index (κ1) is 14.0. The molecule has 1 atom stereocenters. The topological polar surface area (TPSA) is 79.9 Å². The van der Waals surface area contributed by atoms with Gasteiger partial charge in [-0.1, -0.05) is 12.1 Å². The number of nitrogens with zero attached hydrogens (tertiary/aromatic N) is 2. The van der Waals surface area contributed by atoms with Crippen LogP contribution in [-0.2, 0) is 4.79 Å². The highest BCUT2D eigenvalue weighted by molar-refractivity contribution is 7.03. The molecular weight excluding hydrogens is 312 g/mol. The number of fused-ring (bicyclic) bond motifs is 1. The van der Waals surface area contributed by atoms with Gasteiger partial charge in [0.15, 0.2) is 5.82 Å². The Labute approximate surface area is 136 Å². The van der Waals surface area contributed by atoms with E-state index in [0.29, 0.717) is 12.2 Å². The minimum atomic E-state index is -0.0440. The second-order valence-corrected chi connectivity index (χ2v) is 6.01. The van der Waals surface area contributed by atoms with Crippen LogP contribution < -0.4 is 10.1 Å². The van der Waals surface area contributed by atoms with Crippen LogP contribution in [0.5, 0.6) is 5.75 Å². The summed E-state index contributed by atoms with van der Waals surface area (Å²) < 4.78 is 9.47. The summed E-state index contributed by atoms with van der Waals surface area (Å²) in [6.45, 7) is 0. The number of methoxy groups -OCH3 is 1. The second-order valence-electron chi connectivity index (χ2n) is 5.36. The molecule has 0 aliphatic carbocycles. The molecule has 2 N–H and O–H groups in total. The number of hydrogen-bond acceptors (Lipinski definition) is 5. The molecule has 4 rings (SSSR count). The van der Waals surface area contributed by atoms with Gasteiger partial charge in [0.05, 0.1) is 12.8 Å². The van der Waals surface area contributed by atoms with Gasteiger partial charge in [0.2, 0.25) is 5.91 Å². The molecule has 1 unspecified atom stereocenters. The Morgan fingerprint density at radius 3 is 3.09 bits per heavy atom. The highest BCUT2D eigenvalue weighted by Crippen LogP contribution is 2.42. The van der Waals surface area contributed by atoms with Crippen LogP contribution in [0.3, 0.4) is 0 Å². The van der Waals surface area contributed by atoms with Crippen LogP contribution in [0.1, 0.15) is 23.5 Å². The van der Waals surface area contributed by atoms with Crippen LogP contribution >= 0.6 is 11.5 Å². The van der Waals surface area contributed by atoms with Crippen molar-refractivity contribution in [3.8, 4) is 17.0 Å². The van der Waals surface area contributed by atoms with Crippen molar-refractivity contribution in [3.63, 3.8) is 0 Å². The van der Waals surface area contributed by atoms with Gasteiger partial charge in [-0.05, 0) is 29.2 Å². The summed E-state index contributed by atoms with van der Waals surface area (Å²) in [6, 6.07) is 7.78. The monoisotopic (exact) mass is 326 g/mol. The lowest BCUT2D eigenvalue weighted by molar-refractivity contribution is -0.116. The van der Waals surface area contributed by atoms with E-state index < -0.39 is 0 Å². The number of H-pyrrole nitrogens is 1. The number of nitrogens with one attached hydrogen (secondary N) is 2. The maximum Gasteiger partial charge on any atom is 0.226 e. The lowest BCUT2D eigenvalue weighted by Gasteiger charge is -2.22. The quantitative estimate of drug-likeness (QED) is 0.775. The fourth-order valence-electron chi connectivity index (χ4n) is 2.92. The molecule has 0 saturated heterocycles. The van der Waals surface area contributed by atoms with Crippen LogP contribution in [0.15, 0.2) is 35.8 Å². The molecule has 1 aliphatic rings. The largest absolute Gasteiger partial charge is 0.497 e. The zero-order valence-corrected chi connectivity index (χ0v) is 13.2. The Morgan fingerprint density at radius 2 is 2.30 bits per heavy atom. The molecule has 0 spiro atoms. The number of anilines is 1. The number of ether oxygens (including phenoxy) is 1.